The van der Waals surface area contributed by atoms with Crippen LogP contribution in [0.5, 0.6) is 0 Å². The number of likely N-dealkylation sites (N-methyl/N-ethyl adjacent to an activating group) is 3. The van der Waals surface area contributed by atoms with Crippen LogP contribution in [0, 0.1) is 5.92 Å². The van der Waals surface area contributed by atoms with Crippen LogP contribution in [-0.2, 0) is 4.74 Å². The van der Waals surface area contributed by atoms with Crippen LogP contribution in [0.3, 0.4) is 0 Å². The van der Waals surface area contributed by atoms with Crippen LogP contribution in [0.1, 0.15) is 34.6 Å². The second-order valence-electron chi connectivity index (χ2n) is 7.06. The summed E-state index contributed by atoms with van der Waals surface area (Å²) in [5.74, 6) is 1.44. The Balaban J connectivity index is 4.47. The summed E-state index contributed by atoms with van der Waals surface area (Å²) < 4.78 is 5.59. The smallest absolute Gasteiger partial charge is 0.123 e. The largest absolute Gasteiger partial charge is 0.376 e. The van der Waals surface area contributed by atoms with Crippen LogP contribution >= 0.6 is 0 Å². The monoisotopic (exact) mass is 393 g/mol. The first kappa shape index (κ1) is 26.4. The second-order valence-corrected chi connectivity index (χ2v) is 7.06. The first-order valence-corrected chi connectivity index (χ1v) is 10.4. The van der Waals surface area contributed by atoms with Gasteiger partial charge >= 0.3 is 0 Å². The van der Waals surface area contributed by atoms with Crippen LogP contribution in [0.4, 0.5) is 0 Å². The minimum absolute atomic E-state index is 0.484. The Morgan fingerprint density at radius 1 is 1.18 bits per heavy atom. The van der Waals surface area contributed by atoms with E-state index in [9.17, 15) is 0 Å². The van der Waals surface area contributed by atoms with Crippen molar-refractivity contribution in [3.8, 4) is 0 Å². The van der Waals surface area contributed by atoms with Gasteiger partial charge in [-0.2, -0.15) is 0 Å². The zero-order valence-electron chi connectivity index (χ0n) is 19.1. The number of hydrogen-bond donors (Lipinski definition) is 3. The first-order chi connectivity index (χ1) is 13.4. The summed E-state index contributed by atoms with van der Waals surface area (Å²) >= 11 is 0. The molecule has 0 fully saturated rings. The van der Waals surface area contributed by atoms with Crippen molar-refractivity contribution in [3.63, 3.8) is 0 Å². The maximum Gasteiger partial charge on any atom is 0.123 e. The average Bonchev–Trinajstić information content (AvgIpc) is 2.66. The minimum Gasteiger partial charge on any atom is -0.376 e. The zero-order chi connectivity index (χ0) is 21.2. The molecule has 0 heterocycles. The number of hydrogen-bond acceptors (Lipinski definition) is 5. The third-order valence-corrected chi connectivity index (χ3v) is 3.90. The number of nitrogens with one attached hydrogen (secondary N) is 3. The van der Waals surface area contributed by atoms with Gasteiger partial charge in [-0.1, -0.05) is 39.0 Å². The van der Waals surface area contributed by atoms with Gasteiger partial charge in [0.1, 0.15) is 5.84 Å². The molecule has 0 radical (unpaired) electrons. The Bertz CT molecular complexity index is 509. The summed E-state index contributed by atoms with van der Waals surface area (Å²) in [4.78, 5) is 6.53. The highest BCUT2D eigenvalue weighted by molar-refractivity contribution is 5.97. The van der Waals surface area contributed by atoms with Crippen LogP contribution in [-0.4, -0.2) is 70.9 Å². The molecule has 0 rings (SSSR count). The van der Waals surface area contributed by atoms with E-state index in [-0.39, 0.29) is 0 Å². The SMILES string of the molecule is CCNCCOC/C=C\C(=C/C(C)C)NCN(C)C/C=C(C)\C(=N/C)NCC. The predicted molar refractivity (Wildman–Crippen MR) is 123 cm³/mol. The Morgan fingerprint density at radius 3 is 2.54 bits per heavy atom. The van der Waals surface area contributed by atoms with Crippen LogP contribution in [0.2, 0.25) is 0 Å². The molecule has 3 N–H and O–H groups in total. The topological polar surface area (TPSA) is 60.9 Å². The number of allylic oxidation sites excluding steroid dienone is 2. The Morgan fingerprint density at radius 2 is 1.93 bits per heavy atom. The minimum atomic E-state index is 0.484. The van der Waals surface area contributed by atoms with Crippen LogP contribution < -0.4 is 16.0 Å². The Kier molecular flexibility index (Phi) is 16.5. The molecule has 0 saturated heterocycles. The van der Waals surface area contributed by atoms with E-state index in [1.165, 1.54) is 5.57 Å². The molecule has 0 atom stereocenters. The van der Waals surface area contributed by atoms with Crippen molar-refractivity contribution >= 4 is 5.84 Å². The fraction of sp³-hybridized carbons (Fsp3) is 0.682. The molecule has 6 heteroatoms. The quantitative estimate of drug-likeness (QED) is 0.131. The summed E-state index contributed by atoms with van der Waals surface area (Å²) in [6.07, 6.45) is 8.61. The lowest BCUT2D eigenvalue weighted by atomic mass is 10.2. The van der Waals surface area contributed by atoms with E-state index in [0.29, 0.717) is 12.5 Å². The van der Waals surface area contributed by atoms with Gasteiger partial charge in [0, 0.05) is 32.4 Å². The molecular weight excluding hydrogens is 350 g/mol. The molecular formula is C22H43N5O. The van der Waals surface area contributed by atoms with E-state index in [2.05, 4.69) is 91.8 Å². The van der Waals surface area contributed by atoms with Gasteiger partial charge < -0.3 is 20.7 Å². The molecule has 0 aliphatic heterocycles. The third-order valence-electron chi connectivity index (χ3n) is 3.90. The normalized spacial score (nSPS) is 13.8. The van der Waals surface area contributed by atoms with Gasteiger partial charge in [-0.15, -0.1) is 0 Å². The number of ether oxygens (including phenoxy) is 1. The molecule has 0 aromatic heterocycles. The average molecular weight is 394 g/mol. The molecule has 0 aliphatic carbocycles. The van der Waals surface area contributed by atoms with Gasteiger partial charge in [0.2, 0.25) is 0 Å². The molecule has 0 saturated carbocycles. The zero-order valence-corrected chi connectivity index (χ0v) is 19.1. The van der Waals surface area contributed by atoms with Crippen molar-refractivity contribution in [2.45, 2.75) is 34.6 Å². The van der Waals surface area contributed by atoms with E-state index < -0.39 is 0 Å². The number of amidine groups is 1. The second kappa shape index (κ2) is 17.5. The van der Waals surface area contributed by atoms with E-state index >= 15 is 0 Å². The van der Waals surface area contributed by atoms with Gasteiger partial charge in [-0.3, -0.25) is 9.89 Å². The van der Waals surface area contributed by atoms with Gasteiger partial charge in [0.15, 0.2) is 0 Å². The fourth-order valence-electron chi connectivity index (χ4n) is 2.42. The summed E-state index contributed by atoms with van der Waals surface area (Å²) in [7, 11) is 3.92. The summed E-state index contributed by atoms with van der Waals surface area (Å²) in [6, 6.07) is 0. The molecule has 0 aromatic carbocycles. The lowest BCUT2D eigenvalue weighted by molar-refractivity contribution is 0.164. The molecule has 6 nitrogen and oxygen atoms in total. The predicted octanol–water partition coefficient (Wildman–Crippen LogP) is 2.77. The van der Waals surface area contributed by atoms with Gasteiger partial charge in [-0.25, -0.2) is 0 Å². The van der Waals surface area contributed by atoms with E-state index in [1.807, 2.05) is 7.05 Å². The van der Waals surface area contributed by atoms with Crippen molar-refractivity contribution in [1.82, 2.24) is 20.9 Å². The maximum atomic E-state index is 5.59. The first-order valence-electron chi connectivity index (χ1n) is 10.4. The van der Waals surface area contributed by atoms with Crippen molar-refractivity contribution < 1.29 is 4.74 Å². The maximum absolute atomic E-state index is 5.59. The Hall–Kier alpha value is -1.63. The molecule has 0 unspecified atom stereocenters. The Labute approximate surface area is 173 Å². The van der Waals surface area contributed by atoms with Gasteiger partial charge in [-0.05, 0) is 45.0 Å². The summed E-state index contributed by atoms with van der Waals surface area (Å²) in [5.41, 5.74) is 2.30. The molecule has 162 valence electrons. The number of nitrogens with zero attached hydrogens (tertiary/aromatic N) is 2. The summed E-state index contributed by atoms with van der Waals surface area (Å²) in [5, 5.41) is 10.0. The molecule has 0 aliphatic rings. The van der Waals surface area contributed by atoms with Crippen molar-refractivity contribution in [2.24, 2.45) is 10.9 Å². The molecule has 28 heavy (non-hydrogen) atoms. The molecule has 0 amide bonds. The van der Waals surface area contributed by atoms with Gasteiger partial charge in [0.05, 0.1) is 19.9 Å². The fourth-order valence-corrected chi connectivity index (χ4v) is 2.42. The van der Waals surface area contributed by atoms with Crippen LogP contribution in [0.15, 0.2) is 40.6 Å². The highest BCUT2D eigenvalue weighted by atomic mass is 16.5. The molecule has 0 spiro atoms. The van der Waals surface area contributed by atoms with E-state index in [1.54, 1.807) is 0 Å². The van der Waals surface area contributed by atoms with E-state index in [4.69, 9.17) is 4.74 Å². The molecule has 0 bridgehead atoms. The lowest BCUT2D eigenvalue weighted by Crippen LogP contribution is -2.31. The highest BCUT2D eigenvalue weighted by Crippen LogP contribution is 2.02. The van der Waals surface area contributed by atoms with E-state index in [0.717, 1.165) is 51.0 Å². The van der Waals surface area contributed by atoms with Crippen molar-refractivity contribution in [1.29, 1.82) is 0 Å². The molecule has 0 aromatic rings. The summed E-state index contributed by atoms with van der Waals surface area (Å²) in [6.45, 7) is 16.4. The number of rotatable bonds is 15. The van der Waals surface area contributed by atoms with Crippen LogP contribution in [0.25, 0.3) is 0 Å². The lowest BCUT2D eigenvalue weighted by Gasteiger charge is -2.18. The van der Waals surface area contributed by atoms with Gasteiger partial charge in [0.25, 0.3) is 0 Å². The highest BCUT2D eigenvalue weighted by Gasteiger charge is 2.02. The third kappa shape index (κ3) is 14.4. The standard InChI is InChI=1S/C22H43N5O/c1-8-24-13-16-28-15-10-11-21(17-19(3)4)26-18-27(7)14-12-20(5)22(23-6)25-9-2/h10-12,17,19,24,26H,8-9,13-16,18H2,1-7H3,(H,23,25)/b11-10-,20-12-,21-17+. The van der Waals surface area contributed by atoms with Crippen molar-refractivity contribution in [3.05, 3.63) is 35.6 Å². The number of aliphatic imine (C=N–C) groups is 1. The van der Waals surface area contributed by atoms with Crippen molar-refractivity contribution in [2.75, 3.05) is 60.2 Å².